The molecule has 2 fully saturated rings. The van der Waals surface area contributed by atoms with E-state index in [1.807, 2.05) is 0 Å². The molecule has 2 saturated heterocycles. The summed E-state index contributed by atoms with van der Waals surface area (Å²) < 4.78 is 0. The molecule has 0 spiro atoms. The van der Waals surface area contributed by atoms with E-state index in [-0.39, 0.29) is 6.04 Å². The van der Waals surface area contributed by atoms with Crippen LogP contribution in [-0.4, -0.2) is 40.1 Å². The number of piperidine rings is 1. The Bertz CT molecular complexity index is 520. The number of nitrogens with zero attached hydrogens (tertiary/aromatic N) is 1. The number of benzene rings is 1. The van der Waals surface area contributed by atoms with Crippen LogP contribution in [0.5, 0.6) is 0 Å². The molecule has 1 aromatic rings. The van der Waals surface area contributed by atoms with E-state index >= 15 is 0 Å². The topological polar surface area (TPSA) is 52.6 Å². The molecule has 24 heavy (non-hydrogen) atoms. The second-order valence-electron chi connectivity index (χ2n) is 7.41. The number of nitrogens with one attached hydrogen (secondary N) is 1. The number of hydrogen-bond acceptors (Lipinski definition) is 3. The summed E-state index contributed by atoms with van der Waals surface area (Å²) in [4.78, 5) is 14.1. The van der Waals surface area contributed by atoms with Crippen molar-refractivity contribution in [3.05, 3.63) is 35.9 Å². The minimum atomic E-state index is -0.692. The van der Waals surface area contributed by atoms with E-state index in [1.54, 1.807) is 0 Å². The fourth-order valence-electron chi connectivity index (χ4n) is 4.43. The molecule has 2 unspecified atom stereocenters. The first-order valence-corrected chi connectivity index (χ1v) is 9.46. The second-order valence-corrected chi connectivity index (χ2v) is 7.41. The van der Waals surface area contributed by atoms with Gasteiger partial charge in [0.05, 0.1) is 0 Å². The molecule has 2 aliphatic heterocycles. The van der Waals surface area contributed by atoms with Crippen molar-refractivity contribution in [2.75, 3.05) is 0 Å². The van der Waals surface area contributed by atoms with Crippen molar-refractivity contribution in [2.24, 2.45) is 0 Å². The Kier molecular flexibility index (Phi) is 5.90. The fraction of sp³-hybridized carbons (Fsp3) is 0.650. The lowest BCUT2D eigenvalue weighted by Gasteiger charge is -2.40. The van der Waals surface area contributed by atoms with E-state index in [0.29, 0.717) is 18.1 Å². The van der Waals surface area contributed by atoms with Crippen LogP contribution in [0.3, 0.4) is 0 Å². The van der Waals surface area contributed by atoms with E-state index in [2.05, 4.69) is 47.5 Å². The molecular formula is C20H30N2O2. The maximum absolute atomic E-state index is 11.5. The fourth-order valence-corrected chi connectivity index (χ4v) is 4.43. The molecular weight excluding hydrogens is 300 g/mol. The minimum absolute atomic E-state index is 0.354. The molecule has 2 aliphatic rings. The zero-order valence-corrected chi connectivity index (χ0v) is 14.7. The van der Waals surface area contributed by atoms with Crippen LogP contribution in [0.25, 0.3) is 0 Å². The Balaban J connectivity index is 1.57. The molecule has 0 aliphatic carbocycles. The number of aliphatic carboxylic acids is 1. The molecule has 2 N–H and O–H groups in total. The van der Waals surface area contributed by atoms with Gasteiger partial charge in [-0.3, -0.25) is 9.69 Å². The predicted octanol–water partition coefficient (Wildman–Crippen LogP) is 3.42. The van der Waals surface area contributed by atoms with Crippen LogP contribution in [0.1, 0.15) is 57.4 Å². The van der Waals surface area contributed by atoms with E-state index in [4.69, 9.17) is 0 Å². The molecule has 3 atom stereocenters. The van der Waals surface area contributed by atoms with Crippen LogP contribution in [0.4, 0.5) is 0 Å². The molecule has 0 radical (unpaired) electrons. The molecule has 0 amide bonds. The van der Waals surface area contributed by atoms with Gasteiger partial charge in [0.2, 0.25) is 0 Å². The van der Waals surface area contributed by atoms with E-state index in [0.717, 1.165) is 38.6 Å². The predicted molar refractivity (Wildman–Crippen MR) is 95.9 cm³/mol. The zero-order valence-electron chi connectivity index (χ0n) is 14.7. The van der Waals surface area contributed by atoms with Gasteiger partial charge in [-0.1, -0.05) is 50.1 Å². The SMILES string of the molecule is CCCC[C@H](NC1CC2CCC(C1)N2Cc1ccccc1)C(=O)O. The van der Waals surface area contributed by atoms with Crippen molar-refractivity contribution in [3.63, 3.8) is 0 Å². The van der Waals surface area contributed by atoms with E-state index in [1.165, 1.54) is 18.4 Å². The molecule has 2 heterocycles. The molecule has 0 saturated carbocycles. The van der Waals surface area contributed by atoms with Crippen molar-refractivity contribution in [1.29, 1.82) is 0 Å². The quantitative estimate of drug-likeness (QED) is 0.767. The van der Waals surface area contributed by atoms with Crippen LogP contribution < -0.4 is 5.32 Å². The molecule has 3 rings (SSSR count). The molecule has 4 nitrogen and oxygen atoms in total. The number of carbonyl (C=O) groups is 1. The van der Waals surface area contributed by atoms with Crippen molar-refractivity contribution in [2.45, 2.75) is 82.6 Å². The van der Waals surface area contributed by atoms with Gasteiger partial charge in [-0.15, -0.1) is 0 Å². The summed E-state index contributed by atoms with van der Waals surface area (Å²) in [7, 11) is 0. The van der Waals surface area contributed by atoms with Gasteiger partial charge in [-0.2, -0.15) is 0 Å². The largest absolute Gasteiger partial charge is 0.480 e. The van der Waals surface area contributed by atoms with Crippen molar-refractivity contribution in [1.82, 2.24) is 10.2 Å². The number of carboxylic acids is 1. The highest BCUT2D eigenvalue weighted by Gasteiger charge is 2.41. The monoisotopic (exact) mass is 330 g/mol. The summed E-state index contributed by atoms with van der Waals surface area (Å²) in [6.07, 6.45) is 7.44. The third kappa shape index (κ3) is 4.17. The molecule has 132 valence electrons. The number of fused-ring (bicyclic) bond motifs is 2. The van der Waals surface area contributed by atoms with Crippen molar-refractivity contribution in [3.8, 4) is 0 Å². The Morgan fingerprint density at radius 1 is 1.25 bits per heavy atom. The third-order valence-corrected chi connectivity index (χ3v) is 5.67. The van der Waals surface area contributed by atoms with Crippen LogP contribution >= 0.6 is 0 Å². The number of carboxylic acid groups (broad SMARTS) is 1. The summed E-state index contributed by atoms with van der Waals surface area (Å²) in [5.74, 6) is -0.692. The molecule has 4 heteroatoms. The van der Waals surface area contributed by atoms with Crippen LogP contribution in [-0.2, 0) is 11.3 Å². The normalized spacial score (nSPS) is 28.0. The van der Waals surface area contributed by atoms with Gasteiger partial charge >= 0.3 is 5.97 Å². The standard InChI is InChI=1S/C20H30N2O2/c1-2-3-9-19(20(23)24)21-16-12-17-10-11-18(13-16)22(17)14-15-7-5-4-6-8-15/h4-8,16-19,21H,2-3,9-14H2,1H3,(H,23,24)/t16?,17?,18?,19-/m0/s1. The summed E-state index contributed by atoms with van der Waals surface area (Å²) in [5.41, 5.74) is 1.38. The third-order valence-electron chi connectivity index (χ3n) is 5.67. The smallest absolute Gasteiger partial charge is 0.320 e. The first-order chi connectivity index (χ1) is 11.7. The number of rotatable bonds is 8. The first-order valence-electron chi connectivity index (χ1n) is 9.46. The van der Waals surface area contributed by atoms with Crippen LogP contribution in [0.15, 0.2) is 30.3 Å². The molecule has 2 bridgehead atoms. The Morgan fingerprint density at radius 3 is 2.50 bits per heavy atom. The Morgan fingerprint density at radius 2 is 1.92 bits per heavy atom. The van der Waals surface area contributed by atoms with E-state index < -0.39 is 5.97 Å². The maximum Gasteiger partial charge on any atom is 0.320 e. The summed E-state index contributed by atoms with van der Waals surface area (Å²) in [6.45, 7) is 3.14. The number of unbranched alkanes of at least 4 members (excludes halogenated alkanes) is 1. The van der Waals surface area contributed by atoms with Gasteiger partial charge in [0, 0.05) is 24.7 Å². The van der Waals surface area contributed by atoms with Gasteiger partial charge < -0.3 is 10.4 Å². The summed E-state index contributed by atoms with van der Waals surface area (Å²) in [6, 6.07) is 11.9. The molecule has 1 aromatic carbocycles. The maximum atomic E-state index is 11.5. The Labute approximate surface area is 145 Å². The Hall–Kier alpha value is -1.39. The van der Waals surface area contributed by atoms with Gasteiger partial charge in [0.1, 0.15) is 6.04 Å². The van der Waals surface area contributed by atoms with Crippen LogP contribution in [0.2, 0.25) is 0 Å². The lowest BCUT2D eigenvalue weighted by Crippen LogP contribution is -2.52. The van der Waals surface area contributed by atoms with Crippen molar-refractivity contribution < 1.29 is 9.90 Å². The average molecular weight is 330 g/mol. The molecule has 0 aromatic heterocycles. The summed E-state index contributed by atoms with van der Waals surface area (Å²) >= 11 is 0. The van der Waals surface area contributed by atoms with Crippen LogP contribution in [0, 0.1) is 0 Å². The van der Waals surface area contributed by atoms with E-state index in [9.17, 15) is 9.90 Å². The zero-order chi connectivity index (χ0) is 16.9. The lowest BCUT2D eigenvalue weighted by atomic mass is 9.95. The van der Waals surface area contributed by atoms with Gasteiger partial charge in [-0.25, -0.2) is 0 Å². The highest BCUT2D eigenvalue weighted by molar-refractivity contribution is 5.73. The highest BCUT2D eigenvalue weighted by atomic mass is 16.4. The highest BCUT2D eigenvalue weighted by Crippen LogP contribution is 2.37. The lowest BCUT2D eigenvalue weighted by molar-refractivity contribution is -0.140. The van der Waals surface area contributed by atoms with Gasteiger partial charge in [0.25, 0.3) is 0 Å². The summed E-state index contributed by atoms with van der Waals surface area (Å²) in [5, 5.41) is 12.9. The first kappa shape index (κ1) is 17.4. The average Bonchev–Trinajstić information content (AvgIpc) is 2.81. The van der Waals surface area contributed by atoms with Gasteiger partial charge in [0.15, 0.2) is 0 Å². The van der Waals surface area contributed by atoms with Crippen molar-refractivity contribution >= 4 is 5.97 Å². The minimum Gasteiger partial charge on any atom is -0.480 e. The van der Waals surface area contributed by atoms with Gasteiger partial charge in [-0.05, 0) is 37.7 Å². The second kappa shape index (κ2) is 8.13. The number of hydrogen-bond donors (Lipinski definition) is 2.